The number of carbonyl (C=O) groups excluding carboxylic acids is 1. The zero-order chi connectivity index (χ0) is 22.6. The Morgan fingerprint density at radius 2 is 2.06 bits per heavy atom. The lowest BCUT2D eigenvalue weighted by atomic mass is 10.0. The van der Waals surface area contributed by atoms with Gasteiger partial charge < -0.3 is 30.2 Å². The van der Waals surface area contributed by atoms with Crippen molar-refractivity contribution in [3.8, 4) is 5.75 Å². The number of carboxylic acids is 1. The number of ether oxygens (including phenoxy) is 2. The first kappa shape index (κ1) is 20.3. The summed E-state index contributed by atoms with van der Waals surface area (Å²) >= 11 is 1.30. The fourth-order valence-corrected chi connectivity index (χ4v) is 5.32. The van der Waals surface area contributed by atoms with Crippen LogP contribution >= 0.6 is 11.3 Å². The SMILES string of the molecule is COCc1cc(C)nc2sc3c(c12)N[C@@H](c1c(C(=O)O)[nH]c2ccc(OC)cc12)NC3=O. The Hall–Kier alpha value is -3.63. The molecular formula is C22H20N4O5S. The predicted molar refractivity (Wildman–Crippen MR) is 121 cm³/mol. The third-order valence-electron chi connectivity index (χ3n) is 5.49. The first-order valence-corrected chi connectivity index (χ1v) is 10.6. The van der Waals surface area contributed by atoms with Crippen LogP contribution in [0.1, 0.15) is 43.1 Å². The molecule has 1 amide bonds. The molecule has 1 aromatic carbocycles. The van der Waals surface area contributed by atoms with Crippen LogP contribution in [-0.4, -0.2) is 41.2 Å². The highest BCUT2D eigenvalue weighted by atomic mass is 32.1. The van der Waals surface area contributed by atoms with E-state index in [9.17, 15) is 14.7 Å². The number of H-pyrrole nitrogens is 1. The average molecular weight is 452 g/mol. The van der Waals surface area contributed by atoms with Crippen LogP contribution in [0, 0.1) is 6.92 Å². The summed E-state index contributed by atoms with van der Waals surface area (Å²) < 4.78 is 10.7. The Morgan fingerprint density at radius 1 is 1.25 bits per heavy atom. The number of nitrogens with one attached hydrogen (secondary N) is 3. The molecule has 0 bridgehead atoms. The van der Waals surface area contributed by atoms with Gasteiger partial charge in [0, 0.05) is 34.7 Å². The number of pyridine rings is 1. The molecule has 0 aliphatic carbocycles. The third kappa shape index (κ3) is 3.07. The molecule has 3 aromatic heterocycles. The van der Waals surface area contributed by atoms with Crippen molar-refractivity contribution in [2.24, 2.45) is 0 Å². The second-order valence-electron chi connectivity index (χ2n) is 7.52. The van der Waals surface area contributed by atoms with Crippen LogP contribution in [0.15, 0.2) is 24.3 Å². The van der Waals surface area contributed by atoms with Gasteiger partial charge in [0.2, 0.25) is 0 Å². The number of methoxy groups -OCH3 is 2. The Bertz CT molecular complexity index is 1410. The average Bonchev–Trinajstić information content (AvgIpc) is 3.32. The second-order valence-corrected chi connectivity index (χ2v) is 8.52. The molecule has 10 heteroatoms. The van der Waals surface area contributed by atoms with E-state index in [1.807, 2.05) is 13.0 Å². The van der Waals surface area contributed by atoms with Gasteiger partial charge in [0.25, 0.3) is 5.91 Å². The number of carboxylic acid groups (broad SMARTS) is 1. The molecule has 0 saturated heterocycles. The molecule has 4 heterocycles. The zero-order valence-electron chi connectivity index (χ0n) is 17.5. The standard InChI is InChI=1S/C22H20N4O5S/c1-9-6-10(8-30-2)14-16-18(32-21(14)23-9)20(27)26-19(25-16)15-12-7-11(31-3)4-5-13(12)24-17(15)22(28)29/h4-7,19,24-25H,8H2,1-3H3,(H,26,27)(H,28,29)/t19-/m1/s1. The number of aryl methyl sites for hydroxylation is 1. The second kappa shape index (κ2) is 7.50. The minimum absolute atomic E-state index is 0.000114. The summed E-state index contributed by atoms with van der Waals surface area (Å²) in [5.74, 6) is -0.827. The summed E-state index contributed by atoms with van der Waals surface area (Å²) in [5.41, 5.74) is 3.43. The number of benzene rings is 1. The van der Waals surface area contributed by atoms with Crippen LogP contribution in [0.2, 0.25) is 0 Å². The largest absolute Gasteiger partial charge is 0.497 e. The van der Waals surface area contributed by atoms with E-state index in [1.54, 1.807) is 32.4 Å². The quantitative estimate of drug-likeness (QED) is 0.363. The van der Waals surface area contributed by atoms with Crippen molar-refractivity contribution < 1.29 is 24.2 Å². The fourth-order valence-electron chi connectivity index (χ4n) is 4.19. The zero-order valence-corrected chi connectivity index (χ0v) is 18.3. The predicted octanol–water partition coefficient (Wildman–Crippen LogP) is 3.79. The molecule has 9 nitrogen and oxygen atoms in total. The van der Waals surface area contributed by atoms with Gasteiger partial charge in [-0.25, -0.2) is 9.78 Å². The number of rotatable bonds is 5. The van der Waals surface area contributed by atoms with Crippen molar-refractivity contribution in [2.45, 2.75) is 19.7 Å². The molecule has 32 heavy (non-hydrogen) atoms. The molecule has 0 fully saturated rings. The Balaban J connectivity index is 1.71. The van der Waals surface area contributed by atoms with Gasteiger partial charge in [-0.15, -0.1) is 11.3 Å². The summed E-state index contributed by atoms with van der Waals surface area (Å²) in [6.07, 6.45) is -0.767. The van der Waals surface area contributed by atoms with Gasteiger partial charge >= 0.3 is 5.97 Å². The number of carbonyl (C=O) groups is 2. The van der Waals surface area contributed by atoms with Crippen molar-refractivity contribution in [3.63, 3.8) is 0 Å². The van der Waals surface area contributed by atoms with Crippen LogP contribution in [0.25, 0.3) is 21.1 Å². The van der Waals surface area contributed by atoms with Gasteiger partial charge in [0.1, 0.15) is 27.3 Å². The maximum absolute atomic E-state index is 13.1. The molecule has 0 unspecified atom stereocenters. The van der Waals surface area contributed by atoms with Crippen LogP contribution in [0.4, 0.5) is 5.69 Å². The number of aromatic amines is 1. The van der Waals surface area contributed by atoms with E-state index in [0.717, 1.165) is 21.5 Å². The van der Waals surface area contributed by atoms with Gasteiger partial charge in [-0.1, -0.05) is 0 Å². The van der Waals surface area contributed by atoms with Crippen molar-refractivity contribution >= 4 is 50.0 Å². The molecule has 4 N–H and O–H groups in total. The highest BCUT2D eigenvalue weighted by Crippen LogP contribution is 2.43. The lowest BCUT2D eigenvalue weighted by molar-refractivity contribution is 0.0688. The van der Waals surface area contributed by atoms with E-state index in [2.05, 4.69) is 20.6 Å². The fraction of sp³-hybridized carbons (Fsp3) is 0.227. The molecule has 1 aliphatic rings. The van der Waals surface area contributed by atoms with Gasteiger partial charge in [-0.2, -0.15) is 0 Å². The summed E-state index contributed by atoms with van der Waals surface area (Å²) in [6.45, 7) is 2.26. The number of aromatic carboxylic acids is 1. The number of amides is 1. The number of anilines is 1. The van der Waals surface area contributed by atoms with E-state index in [-0.39, 0.29) is 11.6 Å². The van der Waals surface area contributed by atoms with Crippen molar-refractivity contribution in [1.82, 2.24) is 15.3 Å². The molecule has 5 rings (SSSR count). The smallest absolute Gasteiger partial charge is 0.352 e. The van der Waals surface area contributed by atoms with Crippen molar-refractivity contribution in [2.75, 3.05) is 19.5 Å². The summed E-state index contributed by atoms with van der Waals surface area (Å²) in [5, 5.41) is 17.6. The number of hydrogen-bond acceptors (Lipinski definition) is 7. The van der Waals surface area contributed by atoms with E-state index in [1.165, 1.54) is 11.3 Å². The van der Waals surface area contributed by atoms with E-state index in [4.69, 9.17) is 9.47 Å². The monoisotopic (exact) mass is 452 g/mol. The Kier molecular flexibility index (Phi) is 4.75. The number of nitrogens with zero attached hydrogens (tertiary/aromatic N) is 1. The van der Waals surface area contributed by atoms with Gasteiger partial charge in [0.15, 0.2) is 0 Å². The molecule has 0 saturated carbocycles. The lowest BCUT2D eigenvalue weighted by Crippen LogP contribution is -2.38. The van der Waals surface area contributed by atoms with Gasteiger partial charge in [-0.3, -0.25) is 4.79 Å². The molecule has 1 aliphatic heterocycles. The first-order chi connectivity index (χ1) is 15.4. The number of fused-ring (bicyclic) bond motifs is 4. The molecular weight excluding hydrogens is 432 g/mol. The van der Waals surface area contributed by atoms with Crippen LogP contribution in [-0.2, 0) is 11.3 Å². The highest BCUT2D eigenvalue weighted by molar-refractivity contribution is 7.21. The first-order valence-electron chi connectivity index (χ1n) is 9.83. The summed E-state index contributed by atoms with van der Waals surface area (Å²) in [7, 11) is 3.16. The molecule has 1 atom stereocenters. The minimum Gasteiger partial charge on any atom is -0.497 e. The van der Waals surface area contributed by atoms with Crippen LogP contribution in [0.5, 0.6) is 5.75 Å². The van der Waals surface area contributed by atoms with Crippen molar-refractivity contribution in [1.29, 1.82) is 0 Å². The van der Waals surface area contributed by atoms with Crippen molar-refractivity contribution in [3.05, 3.63) is 51.7 Å². The van der Waals surface area contributed by atoms with E-state index in [0.29, 0.717) is 39.4 Å². The normalized spacial score (nSPS) is 15.5. The number of thiophene rings is 1. The van der Waals surface area contributed by atoms with E-state index >= 15 is 0 Å². The maximum Gasteiger partial charge on any atom is 0.352 e. The minimum atomic E-state index is -1.12. The molecule has 164 valence electrons. The molecule has 0 radical (unpaired) electrons. The van der Waals surface area contributed by atoms with Crippen LogP contribution < -0.4 is 15.4 Å². The topological polar surface area (TPSA) is 126 Å². The Labute approximate surface area is 186 Å². The van der Waals surface area contributed by atoms with Crippen LogP contribution in [0.3, 0.4) is 0 Å². The van der Waals surface area contributed by atoms with E-state index < -0.39 is 12.1 Å². The molecule has 4 aromatic rings. The summed E-state index contributed by atoms with van der Waals surface area (Å²) in [6, 6.07) is 7.19. The molecule has 0 spiro atoms. The van der Waals surface area contributed by atoms with Gasteiger partial charge in [-0.05, 0) is 36.8 Å². The maximum atomic E-state index is 13.1. The van der Waals surface area contributed by atoms with Gasteiger partial charge in [0.05, 0.1) is 19.4 Å². The highest BCUT2D eigenvalue weighted by Gasteiger charge is 2.34. The number of hydrogen-bond donors (Lipinski definition) is 4. The summed E-state index contributed by atoms with van der Waals surface area (Å²) in [4.78, 5) is 33.9. The third-order valence-corrected chi connectivity index (χ3v) is 6.57. The Morgan fingerprint density at radius 3 is 2.78 bits per heavy atom. The lowest BCUT2D eigenvalue weighted by Gasteiger charge is -2.27. The number of aromatic nitrogens is 2.